The van der Waals surface area contributed by atoms with Gasteiger partial charge in [-0.05, 0) is 0 Å². The van der Waals surface area contributed by atoms with E-state index in [1.165, 1.54) is 0 Å². The van der Waals surface area contributed by atoms with Crippen molar-refractivity contribution < 1.29 is 0 Å². The van der Waals surface area contributed by atoms with Gasteiger partial charge in [-0.1, -0.05) is 0 Å². The molecule has 0 aromatic rings. The van der Waals surface area contributed by atoms with E-state index in [4.69, 9.17) is 5.41 Å². The number of guanidine groups is 1. The van der Waals surface area contributed by atoms with Crippen LogP contribution in [0.2, 0.25) is 0 Å². The first-order valence-corrected chi connectivity index (χ1v) is 0.827. The molecule has 4 heteroatoms. The number of hydrogen-bond donors (Lipinski definition) is 3. The molecule has 0 unspecified atom stereocenters. The van der Waals surface area contributed by atoms with E-state index >= 15 is 0 Å². The minimum atomic E-state index is -0.333. The van der Waals surface area contributed by atoms with Crippen LogP contribution in [0.3, 0.4) is 0 Å². The third-order valence-electron chi connectivity index (χ3n) is 0. The Balaban J connectivity index is 0. The summed E-state index contributed by atoms with van der Waals surface area (Å²) in [4.78, 5) is 0. The predicted molar refractivity (Wildman–Crippen MR) is 21.9 cm³/mol. The van der Waals surface area contributed by atoms with Gasteiger partial charge in [0.05, 0.1) is 0 Å². The largest absolute Gasteiger partial charge is 0.370 e. The molecule has 0 aliphatic heterocycles. The van der Waals surface area contributed by atoms with E-state index in [9.17, 15) is 0 Å². The van der Waals surface area contributed by atoms with Gasteiger partial charge >= 0.3 is 0 Å². The van der Waals surface area contributed by atoms with Gasteiger partial charge in [0, 0.05) is 29.6 Å². The van der Waals surface area contributed by atoms with Crippen molar-refractivity contribution in [2.45, 2.75) is 0 Å². The zero-order valence-electron chi connectivity index (χ0n) is 3.15. The summed E-state index contributed by atoms with van der Waals surface area (Å²) in [5, 5.41) is 6.06. The van der Waals surface area contributed by atoms with Crippen LogP contribution in [0.25, 0.3) is 0 Å². The average Bonchev–Trinajstić information content (AvgIpc) is 0.811. The van der Waals surface area contributed by atoms with Crippen molar-refractivity contribution in [1.29, 1.82) is 5.41 Å². The molecule has 0 aliphatic carbocycles. The smallest absolute Gasteiger partial charge is 0.183 e. The minimum Gasteiger partial charge on any atom is -0.370 e. The Bertz CT molecular complexity index is 29.9. The molecule has 0 bridgehead atoms. The van der Waals surface area contributed by atoms with Crippen molar-refractivity contribution in [3.05, 3.63) is 0 Å². The SMILES string of the molecule is N=C(N)N.[Na]. The van der Waals surface area contributed by atoms with E-state index in [1.54, 1.807) is 0 Å². The monoisotopic (exact) mass is 82.0 g/mol. The Morgan fingerprint density at radius 2 is 1.40 bits per heavy atom. The predicted octanol–water partition coefficient (Wildman–Crippen LogP) is -1.54. The summed E-state index contributed by atoms with van der Waals surface area (Å²) < 4.78 is 0. The standard InChI is InChI=1S/CH5N3.Na/c2-1(3)4;/h(H5,2,3,4);. The van der Waals surface area contributed by atoms with E-state index in [-0.39, 0.29) is 35.5 Å². The quantitative estimate of drug-likeness (QED) is 0.188. The van der Waals surface area contributed by atoms with Crippen LogP contribution in [0.4, 0.5) is 0 Å². The molecule has 0 saturated heterocycles. The first-order chi connectivity index (χ1) is 1.73. The van der Waals surface area contributed by atoms with Gasteiger partial charge in [-0.2, -0.15) is 0 Å². The van der Waals surface area contributed by atoms with Gasteiger partial charge in [0.25, 0.3) is 0 Å². The number of nitrogens with two attached hydrogens (primary N) is 2. The molecule has 0 amide bonds. The van der Waals surface area contributed by atoms with Crippen LogP contribution >= 0.6 is 0 Å². The summed E-state index contributed by atoms with van der Waals surface area (Å²) >= 11 is 0. The molecule has 1 radical (unpaired) electrons. The third-order valence-corrected chi connectivity index (χ3v) is 0. The van der Waals surface area contributed by atoms with Crippen LogP contribution in [0.1, 0.15) is 0 Å². The molecular weight excluding hydrogens is 77.0 g/mol. The summed E-state index contributed by atoms with van der Waals surface area (Å²) in [6.07, 6.45) is 0. The summed E-state index contributed by atoms with van der Waals surface area (Å²) in [7, 11) is 0. The molecule has 3 nitrogen and oxygen atoms in total. The second kappa shape index (κ2) is 4.27. The average molecular weight is 82.1 g/mol. The van der Waals surface area contributed by atoms with Gasteiger partial charge in [0.2, 0.25) is 0 Å². The fourth-order valence-corrected chi connectivity index (χ4v) is 0. The van der Waals surface area contributed by atoms with Gasteiger partial charge in [0.15, 0.2) is 5.96 Å². The molecule has 0 aliphatic rings. The second-order valence-corrected chi connectivity index (χ2v) is 0.455. The van der Waals surface area contributed by atoms with Crippen molar-refractivity contribution >= 4 is 35.5 Å². The maximum absolute atomic E-state index is 6.06. The van der Waals surface area contributed by atoms with E-state index in [2.05, 4.69) is 11.5 Å². The van der Waals surface area contributed by atoms with Crippen molar-refractivity contribution in [1.82, 2.24) is 0 Å². The maximum atomic E-state index is 6.06. The molecule has 0 heterocycles. The summed E-state index contributed by atoms with van der Waals surface area (Å²) in [5.41, 5.74) is 8.94. The van der Waals surface area contributed by atoms with Crippen molar-refractivity contribution in [3.63, 3.8) is 0 Å². The van der Waals surface area contributed by atoms with Crippen molar-refractivity contribution in [2.24, 2.45) is 11.5 Å². The Kier molecular flexibility index (Phi) is 7.67. The van der Waals surface area contributed by atoms with Crippen LogP contribution in [0.5, 0.6) is 0 Å². The molecule has 0 saturated carbocycles. The maximum Gasteiger partial charge on any atom is 0.183 e. The van der Waals surface area contributed by atoms with E-state index < -0.39 is 0 Å². The number of hydrogen-bond acceptors (Lipinski definition) is 1. The second-order valence-electron chi connectivity index (χ2n) is 0.455. The molecular formula is CH5N3Na. The zero-order chi connectivity index (χ0) is 3.58. The first-order valence-electron chi connectivity index (χ1n) is 0.827. The summed E-state index contributed by atoms with van der Waals surface area (Å²) in [6.45, 7) is 0. The van der Waals surface area contributed by atoms with Crippen molar-refractivity contribution in [2.75, 3.05) is 0 Å². The van der Waals surface area contributed by atoms with E-state index in [0.29, 0.717) is 0 Å². The zero-order valence-corrected chi connectivity index (χ0v) is 5.15. The van der Waals surface area contributed by atoms with Gasteiger partial charge in [0.1, 0.15) is 0 Å². The Morgan fingerprint density at radius 1 is 1.40 bits per heavy atom. The Morgan fingerprint density at radius 3 is 1.40 bits per heavy atom. The molecule has 0 atom stereocenters. The fraction of sp³-hybridized carbons (Fsp3) is 0. The van der Waals surface area contributed by atoms with Gasteiger partial charge in [-0.15, -0.1) is 0 Å². The molecule has 5 heavy (non-hydrogen) atoms. The molecule has 0 spiro atoms. The van der Waals surface area contributed by atoms with Gasteiger partial charge in [-0.3, -0.25) is 5.41 Å². The molecule has 0 fully saturated rings. The number of rotatable bonds is 0. The van der Waals surface area contributed by atoms with Crippen LogP contribution < -0.4 is 11.5 Å². The number of nitrogens with one attached hydrogen (secondary N) is 1. The third kappa shape index (κ3) is 302. The summed E-state index contributed by atoms with van der Waals surface area (Å²) in [6, 6.07) is 0. The Labute approximate surface area is 52.5 Å². The van der Waals surface area contributed by atoms with Gasteiger partial charge in [-0.25, -0.2) is 0 Å². The topological polar surface area (TPSA) is 75.9 Å². The van der Waals surface area contributed by atoms with Crippen LogP contribution in [0.15, 0.2) is 0 Å². The van der Waals surface area contributed by atoms with E-state index in [0.717, 1.165) is 0 Å². The van der Waals surface area contributed by atoms with Gasteiger partial charge < -0.3 is 11.5 Å². The molecule has 0 aromatic carbocycles. The Hall–Kier alpha value is 0.270. The molecule has 5 N–H and O–H groups in total. The van der Waals surface area contributed by atoms with Crippen LogP contribution in [-0.2, 0) is 0 Å². The summed E-state index contributed by atoms with van der Waals surface area (Å²) in [5.74, 6) is -0.333. The molecule has 0 aromatic heterocycles. The van der Waals surface area contributed by atoms with Crippen LogP contribution in [-0.4, -0.2) is 35.5 Å². The first kappa shape index (κ1) is 8.99. The molecule has 0 rings (SSSR count). The van der Waals surface area contributed by atoms with Crippen molar-refractivity contribution in [3.8, 4) is 0 Å². The van der Waals surface area contributed by atoms with E-state index in [1.807, 2.05) is 0 Å². The van der Waals surface area contributed by atoms with Crippen LogP contribution in [0, 0.1) is 5.41 Å². The fourth-order valence-electron chi connectivity index (χ4n) is 0. The normalized spacial score (nSPS) is 4.80. The molecule has 25 valence electrons. The minimum absolute atomic E-state index is 0.